The molecule has 0 aliphatic rings. The van der Waals surface area contributed by atoms with E-state index in [1.165, 1.54) is 0 Å². The van der Waals surface area contributed by atoms with Crippen LogP contribution in [0.1, 0.15) is 31.1 Å². The lowest BCUT2D eigenvalue weighted by Crippen LogP contribution is -2.22. The molecule has 0 fully saturated rings. The topological polar surface area (TPSA) is 52.6 Å². The predicted octanol–water partition coefficient (Wildman–Crippen LogP) is 2.43. The average Bonchev–Trinajstić information content (AvgIpc) is 2.44. The van der Waals surface area contributed by atoms with Crippen LogP contribution in [-0.2, 0) is 14.3 Å². The van der Waals surface area contributed by atoms with Gasteiger partial charge in [-0.2, -0.15) is 0 Å². The van der Waals surface area contributed by atoms with E-state index in [4.69, 9.17) is 9.47 Å². The molecule has 0 aliphatic heterocycles. The number of hydrogen-bond acceptors (Lipinski definition) is 4. The van der Waals surface area contributed by atoms with E-state index < -0.39 is 18.0 Å². The normalized spacial score (nSPS) is 11.2. The summed E-state index contributed by atoms with van der Waals surface area (Å²) in [6.45, 7) is 5.70. The second kappa shape index (κ2) is 8.00. The average molecular weight is 274 g/mol. The molecular weight excluding hydrogens is 256 g/mol. The van der Waals surface area contributed by atoms with Crippen LogP contribution in [0.3, 0.4) is 0 Å². The van der Waals surface area contributed by atoms with Gasteiger partial charge in [0, 0.05) is 11.8 Å². The van der Waals surface area contributed by atoms with Gasteiger partial charge in [-0.05, 0) is 25.0 Å². The third-order valence-electron chi connectivity index (χ3n) is 2.44. The summed E-state index contributed by atoms with van der Waals surface area (Å²) in [5.74, 6) is 3.87. The Hall–Kier alpha value is -2.28. The summed E-state index contributed by atoms with van der Waals surface area (Å²) >= 11 is 0. The zero-order chi connectivity index (χ0) is 15.0. The number of benzene rings is 1. The van der Waals surface area contributed by atoms with Gasteiger partial charge in [0.2, 0.25) is 0 Å². The Balaban J connectivity index is 2.73. The van der Waals surface area contributed by atoms with Crippen LogP contribution in [0.15, 0.2) is 30.3 Å². The maximum absolute atomic E-state index is 11.9. The van der Waals surface area contributed by atoms with Gasteiger partial charge in [-0.3, -0.25) is 0 Å². The first-order valence-corrected chi connectivity index (χ1v) is 6.49. The van der Waals surface area contributed by atoms with Crippen molar-refractivity contribution in [3.63, 3.8) is 0 Å². The maximum atomic E-state index is 11.9. The molecule has 1 unspecified atom stereocenters. The van der Waals surface area contributed by atoms with Gasteiger partial charge in [-0.1, -0.05) is 32.0 Å². The molecule has 4 heteroatoms. The van der Waals surface area contributed by atoms with Gasteiger partial charge in [-0.25, -0.2) is 9.59 Å². The zero-order valence-corrected chi connectivity index (χ0v) is 11.9. The Morgan fingerprint density at radius 1 is 1.20 bits per heavy atom. The van der Waals surface area contributed by atoms with Crippen LogP contribution in [0.5, 0.6) is 0 Å². The Labute approximate surface area is 119 Å². The zero-order valence-electron chi connectivity index (χ0n) is 11.9. The van der Waals surface area contributed by atoms with Crippen molar-refractivity contribution < 1.29 is 19.1 Å². The summed E-state index contributed by atoms with van der Waals surface area (Å²) in [4.78, 5) is 23.1. The van der Waals surface area contributed by atoms with E-state index in [0.29, 0.717) is 5.56 Å². The van der Waals surface area contributed by atoms with Crippen molar-refractivity contribution >= 4 is 11.9 Å². The molecule has 0 aromatic heterocycles. The Morgan fingerprint density at radius 3 is 2.40 bits per heavy atom. The predicted molar refractivity (Wildman–Crippen MR) is 74.9 cm³/mol. The molecule has 0 saturated carbocycles. The van der Waals surface area contributed by atoms with E-state index in [-0.39, 0.29) is 12.5 Å². The monoisotopic (exact) mass is 274 g/mol. The highest BCUT2D eigenvalue weighted by molar-refractivity contribution is 5.90. The number of hydrogen-bond donors (Lipinski definition) is 0. The fourth-order valence-corrected chi connectivity index (χ4v) is 1.39. The fraction of sp³-hybridized carbons (Fsp3) is 0.375. The third kappa shape index (κ3) is 5.15. The summed E-state index contributed by atoms with van der Waals surface area (Å²) < 4.78 is 10.0. The van der Waals surface area contributed by atoms with Gasteiger partial charge in [0.05, 0.1) is 12.2 Å². The van der Waals surface area contributed by atoms with Gasteiger partial charge in [0.25, 0.3) is 0 Å². The standard InChI is InChI=1S/C16H18O4/c1-4-19-15(17)11-10-14(12(2)3)20-16(18)13-8-6-5-7-9-13/h5-9,12,14H,4H2,1-3H3. The van der Waals surface area contributed by atoms with Crippen LogP contribution in [0, 0.1) is 17.8 Å². The number of carbonyl (C=O) groups is 2. The largest absolute Gasteiger partial charge is 0.456 e. The molecule has 0 saturated heterocycles. The molecule has 106 valence electrons. The van der Waals surface area contributed by atoms with Crippen LogP contribution < -0.4 is 0 Å². The molecule has 1 aromatic rings. The first-order valence-electron chi connectivity index (χ1n) is 6.49. The second-order valence-electron chi connectivity index (χ2n) is 4.43. The van der Waals surface area contributed by atoms with Crippen molar-refractivity contribution in [1.82, 2.24) is 0 Å². The lowest BCUT2D eigenvalue weighted by molar-refractivity contribution is -0.136. The van der Waals surface area contributed by atoms with E-state index in [1.807, 2.05) is 19.9 Å². The van der Waals surface area contributed by atoms with Gasteiger partial charge in [0.1, 0.15) is 0 Å². The molecule has 0 spiro atoms. The Kier molecular flexibility index (Phi) is 6.31. The fourth-order valence-electron chi connectivity index (χ4n) is 1.39. The molecule has 1 rings (SSSR count). The SMILES string of the molecule is CCOC(=O)C#CC(OC(=O)c1ccccc1)C(C)C. The minimum absolute atomic E-state index is 0.0235. The van der Waals surface area contributed by atoms with Gasteiger partial charge >= 0.3 is 11.9 Å². The third-order valence-corrected chi connectivity index (χ3v) is 2.44. The smallest absolute Gasteiger partial charge is 0.384 e. The first kappa shape index (κ1) is 15.8. The highest BCUT2D eigenvalue weighted by atomic mass is 16.5. The Morgan fingerprint density at radius 2 is 1.85 bits per heavy atom. The quantitative estimate of drug-likeness (QED) is 0.481. The number of rotatable bonds is 4. The van der Waals surface area contributed by atoms with Gasteiger partial charge in [0.15, 0.2) is 6.10 Å². The van der Waals surface area contributed by atoms with Crippen molar-refractivity contribution in [2.75, 3.05) is 6.61 Å². The van der Waals surface area contributed by atoms with Crippen LogP contribution >= 0.6 is 0 Å². The number of ether oxygens (including phenoxy) is 2. The lowest BCUT2D eigenvalue weighted by Gasteiger charge is -2.15. The molecule has 0 heterocycles. The van der Waals surface area contributed by atoms with Crippen LogP contribution in [-0.4, -0.2) is 24.6 Å². The molecule has 0 amide bonds. The molecule has 0 N–H and O–H groups in total. The molecule has 20 heavy (non-hydrogen) atoms. The van der Waals surface area contributed by atoms with Crippen LogP contribution in [0.25, 0.3) is 0 Å². The summed E-state index contributed by atoms with van der Waals surface area (Å²) in [7, 11) is 0. The van der Waals surface area contributed by atoms with E-state index in [1.54, 1.807) is 31.2 Å². The van der Waals surface area contributed by atoms with Crippen molar-refractivity contribution in [3.05, 3.63) is 35.9 Å². The highest BCUT2D eigenvalue weighted by Gasteiger charge is 2.17. The van der Waals surface area contributed by atoms with Gasteiger partial charge in [-0.15, -0.1) is 0 Å². The molecule has 4 nitrogen and oxygen atoms in total. The summed E-state index contributed by atoms with van der Waals surface area (Å²) in [5, 5.41) is 0. The first-order chi connectivity index (χ1) is 9.54. The van der Waals surface area contributed by atoms with Crippen LogP contribution in [0.2, 0.25) is 0 Å². The summed E-state index contributed by atoms with van der Waals surface area (Å²) in [6.07, 6.45) is -0.646. The maximum Gasteiger partial charge on any atom is 0.384 e. The minimum Gasteiger partial charge on any atom is -0.456 e. The summed E-state index contributed by atoms with van der Waals surface area (Å²) in [6, 6.07) is 8.66. The van der Waals surface area contributed by atoms with Crippen molar-refractivity contribution in [3.8, 4) is 11.8 Å². The number of carbonyl (C=O) groups excluding carboxylic acids is 2. The van der Waals surface area contributed by atoms with E-state index in [9.17, 15) is 9.59 Å². The van der Waals surface area contributed by atoms with Crippen LogP contribution in [0.4, 0.5) is 0 Å². The van der Waals surface area contributed by atoms with Gasteiger partial charge < -0.3 is 9.47 Å². The molecule has 0 radical (unpaired) electrons. The summed E-state index contributed by atoms with van der Waals surface area (Å²) in [5.41, 5.74) is 0.455. The molecule has 0 aliphatic carbocycles. The highest BCUT2D eigenvalue weighted by Crippen LogP contribution is 2.10. The van der Waals surface area contributed by atoms with Crippen molar-refractivity contribution in [1.29, 1.82) is 0 Å². The molecule has 0 bridgehead atoms. The molecular formula is C16H18O4. The van der Waals surface area contributed by atoms with E-state index in [2.05, 4.69) is 11.8 Å². The minimum atomic E-state index is -0.646. The lowest BCUT2D eigenvalue weighted by atomic mass is 10.1. The second-order valence-corrected chi connectivity index (χ2v) is 4.43. The Bertz CT molecular complexity index is 508. The van der Waals surface area contributed by atoms with E-state index >= 15 is 0 Å². The molecule has 1 aromatic carbocycles. The number of esters is 2. The van der Waals surface area contributed by atoms with Crippen molar-refractivity contribution in [2.24, 2.45) is 5.92 Å². The van der Waals surface area contributed by atoms with E-state index in [0.717, 1.165) is 0 Å². The molecule has 1 atom stereocenters. The van der Waals surface area contributed by atoms with Crippen molar-refractivity contribution in [2.45, 2.75) is 26.9 Å².